The summed E-state index contributed by atoms with van der Waals surface area (Å²) in [6.07, 6.45) is 8.34. The number of primary amides is 1. The molecular weight excluding hydrogens is 416 g/mol. The topological polar surface area (TPSA) is 130 Å². The fraction of sp³-hybridized carbons (Fsp3) is 0.889. The van der Waals surface area contributed by atoms with E-state index in [0.717, 1.165) is 19.3 Å². The number of fused-ring (bicyclic) bond motifs is 2. The Morgan fingerprint density at radius 3 is 2.52 bits per heavy atom. The van der Waals surface area contributed by atoms with Crippen molar-refractivity contribution in [3.05, 3.63) is 6.42 Å². The largest absolute Gasteiger partial charge is 0.368 e. The molecule has 0 aliphatic carbocycles. The molecule has 0 aromatic heterocycles. The zero-order valence-electron chi connectivity index (χ0n) is 17.0. The van der Waals surface area contributed by atoms with Gasteiger partial charge in [-0.25, -0.2) is 25.9 Å². The maximum Gasteiger partial charge on any atom is 0.237 e. The molecule has 3 rings (SSSR count). The Balaban J connectivity index is 1.43. The van der Waals surface area contributed by atoms with Gasteiger partial charge in [0.05, 0.1) is 12.0 Å². The minimum Gasteiger partial charge on any atom is -0.368 e. The first kappa shape index (κ1) is 22.9. The summed E-state index contributed by atoms with van der Waals surface area (Å²) in [6, 6.07) is 0.284. The van der Waals surface area contributed by atoms with Gasteiger partial charge in [0.15, 0.2) is 0 Å². The van der Waals surface area contributed by atoms with Gasteiger partial charge in [0.2, 0.25) is 26.0 Å². The summed E-state index contributed by atoms with van der Waals surface area (Å²) in [6.45, 7) is 1.77. The number of nitrogens with one attached hydrogen (secondary N) is 1. The number of rotatable bonds is 9. The first-order chi connectivity index (χ1) is 13.5. The van der Waals surface area contributed by atoms with Gasteiger partial charge in [-0.05, 0) is 57.3 Å². The van der Waals surface area contributed by atoms with Gasteiger partial charge in [-0.2, -0.15) is 0 Å². The zero-order chi connectivity index (χ0) is 21.3. The third-order valence-corrected chi connectivity index (χ3v) is 9.44. The number of sulfonamides is 2. The van der Waals surface area contributed by atoms with Gasteiger partial charge >= 0.3 is 0 Å². The molecule has 167 valence electrons. The van der Waals surface area contributed by atoms with Crippen molar-refractivity contribution < 1.29 is 21.6 Å². The Hall–Kier alpha value is -0.750. The molecule has 0 aromatic carbocycles. The second-order valence-electron chi connectivity index (χ2n) is 8.64. The summed E-state index contributed by atoms with van der Waals surface area (Å²) in [5.74, 6) is -0.150. The SMILES string of the molecule is CS(=O)(=O)N1CCC(CNS(=O)(=O)CCCN2[C@@H]3C[CH]C[C@@]2(C(N)=O)CC3)CC1. The minimum atomic E-state index is -3.41. The van der Waals surface area contributed by atoms with E-state index in [4.69, 9.17) is 5.73 Å². The Morgan fingerprint density at radius 1 is 1.21 bits per heavy atom. The van der Waals surface area contributed by atoms with Gasteiger partial charge in [-0.3, -0.25) is 9.69 Å². The van der Waals surface area contributed by atoms with Crippen LogP contribution in [0, 0.1) is 12.3 Å². The molecule has 2 atom stereocenters. The quantitative estimate of drug-likeness (QED) is 0.495. The summed E-state index contributed by atoms with van der Waals surface area (Å²) < 4.78 is 52.0. The van der Waals surface area contributed by atoms with E-state index in [1.807, 2.05) is 0 Å². The predicted molar refractivity (Wildman–Crippen MR) is 111 cm³/mol. The lowest BCUT2D eigenvalue weighted by molar-refractivity contribution is -0.130. The van der Waals surface area contributed by atoms with Crippen LogP contribution in [-0.4, -0.2) is 81.7 Å². The standard InChI is InChI=1S/C18H33N4O5S2/c1-28(24,25)21-11-6-15(7-12-21)14-20-29(26,27)13-3-10-22-16-4-2-8-18(22,9-5-16)17(19)23/h2,15-16,20H,3-14H2,1H3,(H2,19,23)/t16-,18+/m1/s1. The van der Waals surface area contributed by atoms with E-state index in [-0.39, 0.29) is 23.6 Å². The molecule has 0 spiro atoms. The van der Waals surface area contributed by atoms with Gasteiger partial charge in [0, 0.05) is 32.2 Å². The van der Waals surface area contributed by atoms with Crippen LogP contribution in [0.15, 0.2) is 0 Å². The van der Waals surface area contributed by atoms with Crippen molar-refractivity contribution in [2.45, 2.75) is 56.5 Å². The molecule has 11 heteroatoms. The molecule has 3 aliphatic heterocycles. The molecular formula is C18H33N4O5S2. The minimum absolute atomic E-state index is 0.0109. The molecule has 9 nitrogen and oxygen atoms in total. The highest BCUT2D eigenvalue weighted by Crippen LogP contribution is 2.43. The number of amides is 1. The van der Waals surface area contributed by atoms with Crippen molar-refractivity contribution in [1.29, 1.82) is 0 Å². The van der Waals surface area contributed by atoms with Crippen molar-refractivity contribution in [2.75, 3.05) is 38.2 Å². The predicted octanol–water partition coefficient (Wildman–Crippen LogP) is -0.346. The molecule has 0 aromatic rings. The fourth-order valence-corrected chi connectivity index (χ4v) is 7.00. The van der Waals surface area contributed by atoms with Gasteiger partial charge in [-0.15, -0.1) is 0 Å². The van der Waals surface area contributed by atoms with Crippen molar-refractivity contribution in [3.8, 4) is 0 Å². The van der Waals surface area contributed by atoms with Crippen LogP contribution in [0.2, 0.25) is 0 Å². The average molecular weight is 450 g/mol. The summed E-state index contributed by atoms with van der Waals surface area (Å²) in [7, 11) is -6.59. The number of carbonyl (C=O) groups is 1. The number of nitrogens with two attached hydrogens (primary N) is 1. The first-order valence-electron chi connectivity index (χ1n) is 10.3. The summed E-state index contributed by atoms with van der Waals surface area (Å²) in [4.78, 5) is 14.2. The number of carbonyl (C=O) groups excluding carboxylic acids is 1. The van der Waals surface area contributed by atoms with E-state index < -0.39 is 25.6 Å². The van der Waals surface area contributed by atoms with Gasteiger partial charge < -0.3 is 5.73 Å². The number of hydrogen-bond acceptors (Lipinski definition) is 6. The lowest BCUT2D eigenvalue weighted by atomic mass is 9.87. The zero-order valence-corrected chi connectivity index (χ0v) is 18.7. The van der Waals surface area contributed by atoms with Gasteiger partial charge in [-0.1, -0.05) is 0 Å². The maximum atomic E-state index is 12.4. The van der Waals surface area contributed by atoms with E-state index in [0.29, 0.717) is 51.9 Å². The third kappa shape index (κ3) is 5.30. The second-order valence-corrected chi connectivity index (χ2v) is 12.5. The number of piperidine rings is 2. The number of hydrogen-bond donors (Lipinski definition) is 2. The molecule has 0 unspecified atom stereocenters. The molecule has 0 saturated carbocycles. The van der Waals surface area contributed by atoms with E-state index in [2.05, 4.69) is 16.0 Å². The molecule has 29 heavy (non-hydrogen) atoms. The van der Waals surface area contributed by atoms with Crippen LogP contribution in [0.25, 0.3) is 0 Å². The monoisotopic (exact) mass is 449 g/mol. The van der Waals surface area contributed by atoms with Crippen LogP contribution < -0.4 is 10.5 Å². The van der Waals surface area contributed by atoms with E-state index in [1.165, 1.54) is 10.6 Å². The van der Waals surface area contributed by atoms with Crippen LogP contribution in [-0.2, 0) is 24.8 Å². The summed E-state index contributed by atoms with van der Waals surface area (Å²) in [5.41, 5.74) is 5.05. The summed E-state index contributed by atoms with van der Waals surface area (Å²) >= 11 is 0. The van der Waals surface area contributed by atoms with E-state index in [1.54, 1.807) is 0 Å². The van der Waals surface area contributed by atoms with Gasteiger partial charge in [0.25, 0.3) is 0 Å². The van der Waals surface area contributed by atoms with Crippen molar-refractivity contribution >= 4 is 26.0 Å². The Morgan fingerprint density at radius 2 is 1.90 bits per heavy atom. The molecule has 3 aliphatic rings. The Labute approximate surface area is 174 Å². The lowest BCUT2D eigenvalue weighted by Crippen LogP contribution is -2.58. The highest BCUT2D eigenvalue weighted by Gasteiger charge is 2.52. The highest BCUT2D eigenvalue weighted by molar-refractivity contribution is 7.89. The molecule has 3 saturated heterocycles. The number of nitrogens with zero attached hydrogens (tertiary/aromatic N) is 2. The molecule has 2 bridgehead atoms. The van der Waals surface area contributed by atoms with Crippen LogP contribution in [0.5, 0.6) is 0 Å². The molecule has 1 radical (unpaired) electrons. The van der Waals surface area contributed by atoms with E-state index >= 15 is 0 Å². The van der Waals surface area contributed by atoms with Crippen LogP contribution in [0.3, 0.4) is 0 Å². The van der Waals surface area contributed by atoms with Gasteiger partial charge in [0.1, 0.15) is 5.54 Å². The molecule has 3 N–H and O–H groups in total. The third-order valence-electron chi connectivity index (χ3n) is 6.71. The van der Waals surface area contributed by atoms with Crippen molar-refractivity contribution in [2.24, 2.45) is 11.7 Å². The Kier molecular flexibility index (Phi) is 6.94. The highest BCUT2D eigenvalue weighted by atomic mass is 32.2. The summed E-state index contributed by atoms with van der Waals surface area (Å²) in [5, 5.41) is 0. The molecule has 1 amide bonds. The van der Waals surface area contributed by atoms with Crippen LogP contribution in [0.4, 0.5) is 0 Å². The van der Waals surface area contributed by atoms with Crippen LogP contribution in [0.1, 0.15) is 44.9 Å². The normalized spacial score (nSPS) is 29.9. The molecule has 3 heterocycles. The fourth-order valence-electron chi connectivity index (χ4n) is 4.98. The second kappa shape index (κ2) is 8.78. The smallest absolute Gasteiger partial charge is 0.237 e. The average Bonchev–Trinajstić information content (AvgIpc) is 2.85. The molecule has 3 fully saturated rings. The van der Waals surface area contributed by atoms with E-state index in [9.17, 15) is 21.6 Å². The van der Waals surface area contributed by atoms with Crippen molar-refractivity contribution in [3.63, 3.8) is 0 Å². The maximum absolute atomic E-state index is 12.4. The first-order valence-corrected chi connectivity index (χ1v) is 13.8. The Bertz CT molecular complexity index is 804. The van der Waals surface area contributed by atoms with Crippen LogP contribution >= 0.6 is 0 Å². The lowest BCUT2D eigenvalue weighted by Gasteiger charge is -2.42. The van der Waals surface area contributed by atoms with Crippen molar-refractivity contribution in [1.82, 2.24) is 13.9 Å².